The van der Waals surface area contributed by atoms with Gasteiger partial charge in [0, 0.05) is 6.04 Å². The Balaban J connectivity index is 1.73. The molecule has 1 heteroatoms. The molecule has 4 saturated carbocycles. The molecule has 16 heavy (non-hydrogen) atoms. The van der Waals surface area contributed by atoms with Crippen LogP contribution in [0.4, 0.5) is 0 Å². The van der Waals surface area contributed by atoms with Crippen molar-refractivity contribution in [2.75, 3.05) is 14.1 Å². The molecule has 4 fully saturated rings. The first-order chi connectivity index (χ1) is 7.56. The monoisotopic (exact) mass is 221 g/mol. The second-order valence-corrected chi connectivity index (χ2v) is 7.43. The predicted molar refractivity (Wildman–Crippen MR) is 68.4 cm³/mol. The first-order valence-corrected chi connectivity index (χ1v) is 7.23. The molecule has 4 rings (SSSR count). The van der Waals surface area contributed by atoms with Crippen molar-refractivity contribution >= 4 is 0 Å². The van der Waals surface area contributed by atoms with Crippen LogP contribution in [0, 0.1) is 23.2 Å². The van der Waals surface area contributed by atoms with Crippen LogP contribution in [0.1, 0.15) is 51.9 Å². The molecule has 1 nitrogen and oxygen atoms in total. The van der Waals surface area contributed by atoms with E-state index in [-0.39, 0.29) is 0 Å². The van der Waals surface area contributed by atoms with Gasteiger partial charge in [0.15, 0.2) is 0 Å². The average Bonchev–Trinajstić information content (AvgIpc) is 2.13. The van der Waals surface area contributed by atoms with Gasteiger partial charge in [-0.3, -0.25) is 0 Å². The molecule has 0 aromatic heterocycles. The molecule has 4 aliphatic rings. The Morgan fingerprint density at radius 2 is 1.44 bits per heavy atom. The standard InChI is InChI=1S/C15H27N/c1-11(16(2)3)7-15-8-12-4-13(9-15)6-14(5-12)10-15/h11-14H,4-10H2,1-3H3. The summed E-state index contributed by atoms with van der Waals surface area (Å²) in [6.45, 7) is 2.42. The summed E-state index contributed by atoms with van der Waals surface area (Å²) in [5.41, 5.74) is 0.762. The van der Waals surface area contributed by atoms with Crippen LogP contribution in [0.25, 0.3) is 0 Å². The van der Waals surface area contributed by atoms with Crippen LogP contribution in [0.3, 0.4) is 0 Å². The van der Waals surface area contributed by atoms with Crippen molar-refractivity contribution in [3.63, 3.8) is 0 Å². The second kappa shape index (κ2) is 3.73. The van der Waals surface area contributed by atoms with E-state index in [0.29, 0.717) is 0 Å². The lowest BCUT2D eigenvalue weighted by molar-refractivity contribution is -0.0660. The molecule has 4 aliphatic carbocycles. The smallest absolute Gasteiger partial charge is 0.00661 e. The van der Waals surface area contributed by atoms with Crippen LogP contribution in [0.15, 0.2) is 0 Å². The molecule has 0 saturated heterocycles. The minimum absolute atomic E-state index is 0.762. The quantitative estimate of drug-likeness (QED) is 0.704. The van der Waals surface area contributed by atoms with E-state index in [0.717, 1.165) is 29.2 Å². The summed E-state index contributed by atoms with van der Waals surface area (Å²) >= 11 is 0. The Kier molecular flexibility index (Phi) is 2.58. The SMILES string of the molecule is CC(CC12CC3CC(CC(C3)C1)C2)N(C)C. The first kappa shape index (κ1) is 11.1. The highest BCUT2D eigenvalue weighted by Crippen LogP contribution is 2.61. The summed E-state index contributed by atoms with van der Waals surface area (Å²) in [6.07, 6.45) is 10.9. The fraction of sp³-hybridized carbons (Fsp3) is 1.00. The molecule has 1 unspecified atom stereocenters. The normalized spacial score (nSPS) is 47.6. The van der Waals surface area contributed by atoms with Gasteiger partial charge in [-0.15, -0.1) is 0 Å². The molecule has 0 aliphatic heterocycles. The summed E-state index contributed by atoms with van der Waals surface area (Å²) in [5, 5.41) is 0. The van der Waals surface area contributed by atoms with Crippen molar-refractivity contribution < 1.29 is 0 Å². The van der Waals surface area contributed by atoms with Gasteiger partial charge in [-0.1, -0.05) is 0 Å². The van der Waals surface area contributed by atoms with Crippen LogP contribution in [-0.4, -0.2) is 25.0 Å². The van der Waals surface area contributed by atoms with Gasteiger partial charge in [-0.05, 0) is 89.1 Å². The van der Waals surface area contributed by atoms with Gasteiger partial charge < -0.3 is 4.90 Å². The highest BCUT2D eigenvalue weighted by Gasteiger charge is 2.50. The summed E-state index contributed by atoms with van der Waals surface area (Å²) in [5.74, 6) is 3.34. The lowest BCUT2D eigenvalue weighted by atomic mass is 9.48. The third kappa shape index (κ3) is 1.81. The zero-order chi connectivity index (χ0) is 11.3. The average molecular weight is 221 g/mol. The lowest BCUT2D eigenvalue weighted by Gasteiger charge is -2.58. The topological polar surface area (TPSA) is 3.24 Å². The van der Waals surface area contributed by atoms with E-state index < -0.39 is 0 Å². The molecular formula is C15H27N. The van der Waals surface area contributed by atoms with Crippen molar-refractivity contribution in [1.82, 2.24) is 4.90 Å². The van der Waals surface area contributed by atoms with Gasteiger partial charge >= 0.3 is 0 Å². The van der Waals surface area contributed by atoms with Crippen molar-refractivity contribution in [1.29, 1.82) is 0 Å². The molecule has 0 spiro atoms. The van der Waals surface area contributed by atoms with Gasteiger partial charge in [-0.25, -0.2) is 0 Å². The van der Waals surface area contributed by atoms with Gasteiger partial charge in [0.1, 0.15) is 0 Å². The minimum atomic E-state index is 0.762. The number of nitrogens with zero attached hydrogens (tertiary/aromatic N) is 1. The second-order valence-electron chi connectivity index (χ2n) is 7.43. The summed E-state index contributed by atoms with van der Waals surface area (Å²) in [6, 6.07) is 0.774. The molecule has 0 N–H and O–H groups in total. The number of hydrogen-bond donors (Lipinski definition) is 0. The van der Waals surface area contributed by atoms with Crippen LogP contribution in [-0.2, 0) is 0 Å². The van der Waals surface area contributed by atoms with Crippen LogP contribution in [0.5, 0.6) is 0 Å². The molecule has 92 valence electrons. The zero-order valence-corrected chi connectivity index (χ0v) is 11.2. The third-order valence-electron chi connectivity index (χ3n) is 5.78. The predicted octanol–water partition coefficient (Wildman–Crippen LogP) is 3.54. The van der Waals surface area contributed by atoms with E-state index in [9.17, 15) is 0 Å². The first-order valence-electron chi connectivity index (χ1n) is 7.23. The Morgan fingerprint density at radius 3 is 1.81 bits per heavy atom. The Bertz CT molecular complexity index is 233. The lowest BCUT2D eigenvalue weighted by Crippen LogP contribution is -2.48. The highest BCUT2D eigenvalue weighted by atomic mass is 15.1. The fourth-order valence-corrected chi connectivity index (χ4v) is 5.35. The zero-order valence-electron chi connectivity index (χ0n) is 11.2. The Hall–Kier alpha value is -0.0400. The summed E-state index contributed by atoms with van der Waals surface area (Å²) in [4.78, 5) is 2.42. The van der Waals surface area contributed by atoms with Crippen molar-refractivity contribution in [2.24, 2.45) is 23.2 Å². The maximum atomic E-state index is 2.42. The molecule has 1 atom stereocenters. The van der Waals surface area contributed by atoms with Gasteiger partial charge in [-0.2, -0.15) is 0 Å². The van der Waals surface area contributed by atoms with Crippen LogP contribution < -0.4 is 0 Å². The Morgan fingerprint density at radius 1 is 1.00 bits per heavy atom. The summed E-state index contributed by atoms with van der Waals surface area (Å²) in [7, 11) is 4.48. The van der Waals surface area contributed by atoms with Crippen LogP contribution in [0.2, 0.25) is 0 Å². The molecular weight excluding hydrogens is 194 g/mol. The minimum Gasteiger partial charge on any atom is -0.307 e. The van der Waals surface area contributed by atoms with Gasteiger partial charge in [0.05, 0.1) is 0 Å². The molecule has 4 bridgehead atoms. The molecule has 0 aromatic rings. The van der Waals surface area contributed by atoms with E-state index in [1.807, 2.05) is 0 Å². The van der Waals surface area contributed by atoms with Gasteiger partial charge in [0.25, 0.3) is 0 Å². The largest absolute Gasteiger partial charge is 0.307 e. The Labute approximate surface area is 101 Å². The van der Waals surface area contributed by atoms with Crippen molar-refractivity contribution in [3.8, 4) is 0 Å². The molecule has 0 amide bonds. The van der Waals surface area contributed by atoms with Gasteiger partial charge in [0.2, 0.25) is 0 Å². The fourth-order valence-electron chi connectivity index (χ4n) is 5.35. The van der Waals surface area contributed by atoms with E-state index in [4.69, 9.17) is 0 Å². The van der Waals surface area contributed by atoms with E-state index in [2.05, 4.69) is 25.9 Å². The molecule has 0 aromatic carbocycles. The maximum Gasteiger partial charge on any atom is 0.00661 e. The van der Waals surface area contributed by atoms with Crippen molar-refractivity contribution in [3.05, 3.63) is 0 Å². The number of rotatable bonds is 3. The highest BCUT2D eigenvalue weighted by molar-refractivity contribution is 5.02. The molecule has 0 radical (unpaired) electrons. The molecule has 0 heterocycles. The third-order valence-corrected chi connectivity index (χ3v) is 5.78. The van der Waals surface area contributed by atoms with Crippen molar-refractivity contribution in [2.45, 2.75) is 57.9 Å². The van der Waals surface area contributed by atoms with E-state index in [1.165, 1.54) is 6.42 Å². The maximum absolute atomic E-state index is 2.42. The van der Waals surface area contributed by atoms with E-state index >= 15 is 0 Å². The van der Waals surface area contributed by atoms with Crippen LogP contribution >= 0.6 is 0 Å². The summed E-state index contributed by atoms with van der Waals surface area (Å²) < 4.78 is 0. The van der Waals surface area contributed by atoms with E-state index in [1.54, 1.807) is 38.5 Å². The number of hydrogen-bond acceptors (Lipinski definition) is 1.